The minimum Gasteiger partial charge on any atom is -0.481 e. The molecular weight excluding hydrogens is 230 g/mol. The van der Waals surface area contributed by atoms with Crippen molar-refractivity contribution in [2.24, 2.45) is 5.73 Å². The number of carboxylic acids is 1. The Morgan fingerprint density at radius 2 is 2.29 bits per heavy atom. The van der Waals surface area contributed by atoms with Crippen molar-refractivity contribution in [3.05, 3.63) is 22.2 Å². The second-order valence-corrected chi connectivity index (χ2v) is 3.42. The first-order valence-electron chi connectivity index (χ1n) is 4.91. The number of aromatic nitrogens is 1. The van der Waals surface area contributed by atoms with Crippen LogP contribution in [0.4, 0.5) is 0 Å². The highest BCUT2D eigenvalue weighted by Gasteiger charge is 2.16. The van der Waals surface area contributed by atoms with Gasteiger partial charge in [0.2, 0.25) is 5.91 Å². The molecule has 0 radical (unpaired) electrons. The van der Waals surface area contributed by atoms with E-state index in [4.69, 9.17) is 10.8 Å². The average molecular weight is 243 g/mol. The molecule has 0 spiro atoms. The lowest BCUT2D eigenvalue weighted by Gasteiger charge is -2.09. The second kappa shape index (κ2) is 5.85. The molecule has 8 heteroatoms. The minimum atomic E-state index is -1.01. The van der Waals surface area contributed by atoms with Crippen molar-refractivity contribution in [2.45, 2.75) is 18.9 Å². The van der Waals surface area contributed by atoms with Gasteiger partial charge in [-0.3, -0.25) is 9.59 Å². The molecule has 1 rings (SSSR count). The van der Waals surface area contributed by atoms with Crippen LogP contribution in [-0.4, -0.2) is 34.7 Å². The van der Waals surface area contributed by atoms with Gasteiger partial charge < -0.3 is 20.7 Å². The number of hydrogen-bond donors (Lipinski definition) is 4. The van der Waals surface area contributed by atoms with Gasteiger partial charge in [-0.1, -0.05) is 0 Å². The first kappa shape index (κ1) is 13.0. The van der Waals surface area contributed by atoms with Gasteiger partial charge in [0.1, 0.15) is 0 Å². The predicted molar refractivity (Wildman–Crippen MR) is 56.3 cm³/mol. The molecule has 8 nitrogen and oxygen atoms in total. The quantitative estimate of drug-likeness (QED) is 0.476. The van der Waals surface area contributed by atoms with Crippen LogP contribution in [0.25, 0.3) is 0 Å². The predicted octanol–water partition coefficient (Wildman–Crippen LogP) is -1.57. The van der Waals surface area contributed by atoms with E-state index in [2.05, 4.69) is 15.0 Å². The van der Waals surface area contributed by atoms with Crippen LogP contribution in [0, 0.1) is 0 Å². The lowest BCUT2D eigenvalue weighted by atomic mass is 10.1. The standard InChI is InChI=1S/C9H13N3O5/c10-6(3-5-4-12-17-9(5)16)8(15)11-2-1-7(13)14/h4,6,12H,1-3,10H2,(H,11,15)(H,13,14)/t6-/m0/s1. The second-order valence-electron chi connectivity index (χ2n) is 3.42. The summed E-state index contributed by atoms with van der Waals surface area (Å²) in [5.41, 5.74) is 5.24. The molecule has 1 heterocycles. The Kier molecular flexibility index (Phi) is 4.46. The molecule has 0 saturated heterocycles. The molecular formula is C9H13N3O5. The Morgan fingerprint density at radius 1 is 1.59 bits per heavy atom. The van der Waals surface area contributed by atoms with Crippen molar-refractivity contribution in [3.8, 4) is 0 Å². The molecule has 0 unspecified atom stereocenters. The molecule has 94 valence electrons. The van der Waals surface area contributed by atoms with E-state index in [0.717, 1.165) is 0 Å². The summed E-state index contributed by atoms with van der Waals surface area (Å²) < 4.78 is 4.41. The minimum absolute atomic E-state index is 0.00358. The van der Waals surface area contributed by atoms with Crippen LogP contribution < -0.4 is 16.7 Å². The fourth-order valence-electron chi connectivity index (χ4n) is 1.17. The van der Waals surface area contributed by atoms with E-state index >= 15 is 0 Å². The van der Waals surface area contributed by atoms with Gasteiger partial charge in [-0.05, 0) is 0 Å². The molecule has 0 aliphatic heterocycles. The Hall–Kier alpha value is -2.09. The smallest absolute Gasteiger partial charge is 0.360 e. The Morgan fingerprint density at radius 3 is 2.82 bits per heavy atom. The number of hydrogen-bond acceptors (Lipinski definition) is 5. The van der Waals surface area contributed by atoms with E-state index in [1.807, 2.05) is 0 Å². The topological polar surface area (TPSA) is 138 Å². The molecule has 1 aromatic rings. The first-order chi connectivity index (χ1) is 8.00. The maximum absolute atomic E-state index is 11.4. The lowest BCUT2D eigenvalue weighted by molar-refractivity contribution is -0.136. The number of nitrogens with one attached hydrogen (secondary N) is 2. The zero-order valence-electron chi connectivity index (χ0n) is 8.93. The van der Waals surface area contributed by atoms with Gasteiger partial charge in [0.05, 0.1) is 18.0 Å². The summed E-state index contributed by atoms with van der Waals surface area (Å²) in [6, 6.07) is -0.914. The molecule has 0 saturated carbocycles. The number of amides is 1. The van der Waals surface area contributed by atoms with Gasteiger partial charge in [-0.2, -0.15) is 0 Å². The molecule has 0 aliphatic carbocycles. The van der Waals surface area contributed by atoms with Crippen LogP contribution >= 0.6 is 0 Å². The van der Waals surface area contributed by atoms with Crippen LogP contribution in [0.1, 0.15) is 12.0 Å². The maximum atomic E-state index is 11.4. The van der Waals surface area contributed by atoms with Crippen LogP contribution in [0.15, 0.2) is 15.5 Å². The van der Waals surface area contributed by atoms with Crippen molar-refractivity contribution in [3.63, 3.8) is 0 Å². The summed E-state index contributed by atoms with van der Waals surface area (Å²) in [5, 5.41) is 13.0. The van der Waals surface area contributed by atoms with Crippen molar-refractivity contribution < 1.29 is 19.2 Å². The van der Waals surface area contributed by atoms with E-state index in [-0.39, 0.29) is 24.9 Å². The normalized spacial score (nSPS) is 12.1. The fourth-order valence-corrected chi connectivity index (χ4v) is 1.17. The largest absolute Gasteiger partial charge is 0.481 e. The van der Waals surface area contributed by atoms with Gasteiger partial charge in [-0.25, -0.2) is 9.95 Å². The van der Waals surface area contributed by atoms with Gasteiger partial charge in [-0.15, -0.1) is 0 Å². The molecule has 0 aromatic carbocycles. The van der Waals surface area contributed by atoms with E-state index in [9.17, 15) is 14.4 Å². The monoisotopic (exact) mass is 243 g/mol. The van der Waals surface area contributed by atoms with E-state index in [1.54, 1.807) is 0 Å². The molecule has 1 amide bonds. The zero-order valence-corrected chi connectivity index (χ0v) is 8.93. The van der Waals surface area contributed by atoms with Gasteiger partial charge >= 0.3 is 11.6 Å². The molecule has 5 N–H and O–H groups in total. The van der Waals surface area contributed by atoms with E-state index in [0.29, 0.717) is 0 Å². The number of carboxylic acid groups (broad SMARTS) is 1. The van der Waals surface area contributed by atoms with Crippen molar-refractivity contribution in [1.82, 2.24) is 10.5 Å². The highest BCUT2D eigenvalue weighted by atomic mass is 16.5. The third-order valence-corrected chi connectivity index (χ3v) is 2.06. The van der Waals surface area contributed by atoms with Crippen LogP contribution in [0.3, 0.4) is 0 Å². The molecule has 0 fully saturated rings. The summed E-state index contributed by atoms with van der Waals surface area (Å²) in [7, 11) is 0. The molecule has 1 atom stereocenters. The summed E-state index contributed by atoms with van der Waals surface area (Å²) in [6.07, 6.45) is 1.18. The van der Waals surface area contributed by atoms with Gasteiger partial charge in [0, 0.05) is 19.2 Å². The summed E-state index contributed by atoms with van der Waals surface area (Å²) >= 11 is 0. The van der Waals surface area contributed by atoms with Gasteiger partial charge in [0.25, 0.3) is 0 Å². The summed E-state index contributed by atoms with van der Waals surface area (Å²) in [5.74, 6) is -1.52. The first-order valence-corrected chi connectivity index (χ1v) is 4.91. The zero-order chi connectivity index (χ0) is 12.8. The number of carbonyl (C=O) groups excluding carboxylic acids is 1. The van der Waals surface area contributed by atoms with Crippen molar-refractivity contribution >= 4 is 11.9 Å². The number of nitrogens with two attached hydrogens (primary N) is 1. The Balaban J connectivity index is 2.40. The van der Waals surface area contributed by atoms with Crippen LogP contribution in [-0.2, 0) is 16.0 Å². The molecule has 0 bridgehead atoms. The van der Waals surface area contributed by atoms with Gasteiger partial charge in [0.15, 0.2) is 0 Å². The summed E-state index contributed by atoms with van der Waals surface area (Å²) in [4.78, 5) is 32.6. The lowest BCUT2D eigenvalue weighted by Crippen LogP contribution is -2.43. The molecule has 0 aliphatic rings. The van der Waals surface area contributed by atoms with E-state index < -0.39 is 23.5 Å². The van der Waals surface area contributed by atoms with Crippen LogP contribution in [0.5, 0.6) is 0 Å². The van der Waals surface area contributed by atoms with Crippen molar-refractivity contribution in [2.75, 3.05) is 6.54 Å². The Labute approximate surface area is 95.8 Å². The number of rotatable bonds is 6. The highest BCUT2D eigenvalue weighted by Crippen LogP contribution is 1.95. The SMILES string of the molecule is N[C@@H](Cc1c[nH]oc1=O)C(=O)NCCC(=O)O. The number of carbonyl (C=O) groups is 2. The van der Waals surface area contributed by atoms with Crippen molar-refractivity contribution in [1.29, 1.82) is 0 Å². The number of H-pyrrole nitrogens is 1. The van der Waals surface area contributed by atoms with E-state index in [1.165, 1.54) is 6.20 Å². The highest BCUT2D eigenvalue weighted by molar-refractivity contribution is 5.82. The maximum Gasteiger partial charge on any atom is 0.360 e. The summed E-state index contributed by atoms with van der Waals surface area (Å²) in [6.45, 7) is 0.00358. The fraction of sp³-hybridized carbons (Fsp3) is 0.444. The number of aliphatic carboxylic acids is 1. The molecule has 1 aromatic heterocycles. The third-order valence-electron chi connectivity index (χ3n) is 2.06. The molecule has 17 heavy (non-hydrogen) atoms. The van der Waals surface area contributed by atoms with Crippen LogP contribution in [0.2, 0.25) is 0 Å². The average Bonchev–Trinajstić information content (AvgIpc) is 2.63. The number of aromatic amines is 1. The Bertz CT molecular complexity index is 449. The third kappa shape index (κ3) is 4.11.